The number of methoxy groups -OCH3 is 1. The predicted molar refractivity (Wildman–Crippen MR) is 120 cm³/mol. The van der Waals surface area contributed by atoms with Crippen LogP contribution in [-0.4, -0.2) is 55.8 Å². The molecule has 1 aliphatic heterocycles. The minimum atomic E-state index is -3.24. The fourth-order valence-corrected chi connectivity index (χ4v) is 3.67. The number of hydrogen-bond acceptors (Lipinski definition) is 4. The lowest BCUT2D eigenvalue weighted by Gasteiger charge is -2.33. The van der Waals surface area contributed by atoms with Gasteiger partial charge in [-0.05, 0) is 37.5 Å². The third kappa shape index (κ3) is 6.27. The van der Waals surface area contributed by atoms with Gasteiger partial charge in [0.2, 0.25) is 0 Å². The number of ether oxygens (including phenoxy) is 1. The number of piperidine rings is 1. The van der Waals surface area contributed by atoms with E-state index in [1.54, 1.807) is 34.5 Å². The Kier molecular flexibility index (Phi) is 8.50. The van der Waals surface area contributed by atoms with Crippen LogP contribution in [0.3, 0.4) is 0 Å². The first-order valence-corrected chi connectivity index (χ1v) is 10.9. The van der Waals surface area contributed by atoms with Crippen LogP contribution >= 0.6 is 0 Å². The van der Waals surface area contributed by atoms with Gasteiger partial charge in [0.1, 0.15) is 11.6 Å². The van der Waals surface area contributed by atoms with Crippen molar-refractivity contribution in [2.75, 3.05) is 31.6 Å². The van der Waals surface area contributed by atoms with Gasteiger partial charge >= 0.3 is 12.5 Å². The Bertz CT molecular complexity index is 1040. The smallest absolute Gasteiger partial charge is 0.324 e. The number of nitrogens with one attached hydrogen (secondary N) is 1. The van der Waals surface area contributed by atoms with Crippen molar-refractivity contribution in [3.63, 3.8) is 0 Å². The number of carbonyl (C=O) groups excluding carboxylic acids is 3. The summed E-state index contributed by atoms with van der Waals surface area (Å²) in [6.07, 6.45) is -0.409. The molecule has 2 aromatic carbocycles. The third-order valence-corrected chi connectivity index (χ3v) is 5.55. The maximum atomic E-state index is 14.9. The fourth-order valence-electron chi connectivity index (χ4n) is 3.67. The summed E-state index contributed by atoms with van der Waals surface area (Å²) in [4.78, 5) is 39.6. The summed E-state index contributed by atoms with van der Waals surface area (Å²) in [5.74, 6) is -2.48. The molecular formula is C24H26F3N3O4. The van der Waals surface area contributed by atoms with Gasteiger partial charge in [0.05, 0.1) is 20.2 Å². The Morgan fingerprint density at radius 3 is 2.47 bits per heavy atom. The largest absolute Gasteiger partial charge is 0.497 e. The SMILES string of the molecule is COc1cccc(N(Cc2ccc(C(=O)CNC(=O)C(F)F)cc2F)C(=O)N2CCCCC2)c1. The molecule has 3 amide bonds. The van der Waals surface area contributed by atoms with Crippen LogP contribution in [0.2, 0.25) is 0 Å². The Labute approximate surface area is 195 Å². The Hall–Kier alpha value is -3.56. The van der Waals surface area contributed by atoms with E-state index in [4.69, 9.17) is 4.74 Å². The van der Waals surface area contributed by atoms with E-state index in [1.165, 1.54) is 24.1 Å². The highest BCUT2D eigenvalue weighted by Gasteiger charge is 2.25. The molecule has 7 nitrogen and oxygen atoms in total. The maximum Gasteiger partial charge on any atom is 0.324 e. The van der Waals surface area contributed by atoms with Gasteiger partial charge in [-0.3, -0.25) is 14.5 Å². The van der Waals surface area contributed by atoms with Crippen molar-refractivity contribution < 1.29 is 32.3 Å². The molecule has 2 aromatic rings. The summed E-state index contributed by atoms with van der Waals surface area (Å²) in [6.45, 7) is 0.454. The van der Waals surface area contributed by atoms with Crippen molar-refractivity contribution in [3.05, 3.63) is 59.4 Å². The van der Waals surface area contributed by atoms with Crippen LogP contribution in [0, 0.1) is 5.82 Å². The molecule has 0 aliphatic carbocycles. The first-order valence-electron chi connectivity index (χ1n) is 10.9. The number of benzene rings is 2. The summed E-state index contributed by atoms with van der Waals surface area (Å²) in [6, 6.07) is 10.3. The number of urea groups is 1. The summed E-state index contributed by atoms with van der Waals surface area (Å²) < 4.78 is 44.8. The molecule has 0 spiro atoms. The standard InChI is InChI=1S/C24H26F3N3O4/c1-34-19-7-5-6-18(13-19)30(24(33)29-10-3-2-4-11-29)15-17-9-8-16(12-20(17)25)21(31)14-28-23(32)22(26)27/h5-9,12-13,22H,2-4,10-11,14-15H2,1H3,(H,28,32). The van der Waals surface area contributed by atoms with Gasteiger partial charge in [-0.15, -0.1) is 0 Å². The Morgan fingerprint density at radius 1 is 1.09 bits per heavy atom. The minimum absolute atomic E-state index is 0.0777. The number of Topliss-reactive ketones (excluding diaryl/α,β-unsaturated/α-hetero) is 1. The first-order chi connectivity index (χ1) is 16.3. The molecule has 1 aliphatic rings. The molecule has 1 fully saturated rings. The summed E-state index contributed by atoms with van der Waals surface area (Å²) in [5.41, 5.74) is 0.622. The van der Waals surface area contributed by atoms with E-state index in [-0.39, 0.29) is 23.7 Å². The molecule has 3 rings (SSSR count). The number of hydrogen-bond donors (Lipinski definition) is 1. The normalized spacial score (nSPS) is 13.5. The van der Waals surface area contributed by atoms with Crippen molar-refractivity contribution in [1.82, 2.24) is 10.2 Å². The maximum absolute atomic E-state index is 14.9. The highest BCUT2D eigenvalue weighted by molar-refractivity contribution is 5.99. The fraction of sp³-hybridized carbons (Fsp3) is 0.375. The van der Waals surface area contributed by atoms with E-state index in [0.717, 1.165) is 25.3 Å². The van der Waals surface area contributed by atoms with Gasteiger partial charge in [-0.25, -0.2) is 9.18 Å². The zero-order chi connectivity index (χ0) is 24.7. The zero-order valence-corrected chi connectivity index (χ0v) is 18.7. The van der Waals surface area contributed by atoms with Crippen LogP contribution in [0.4, 0.5) is 23.7 Å². The number of rotatable bonds is 8. The van der Waals surface area contributed by atoms with Crippen LogP contribution in [0.25, 0.3) is 0 Å². The lowest BCUT2D eigenvalue weighted by Crippen LogP contribution is -2.45. The number of ketones is 1. The minimum Gasteiger partial charge on any atom is -0.497 e. The van der Waals surface area contributed by atoms with Gasteiger partial charge in [-0.2, -0.15) is 8.78 Å². The van der Waals surface area contributed by atoms with Crippen molar-refractivity contribution in [2.45, 2.75) is 32.2 Å². The van der Waals surface area contributed by atoms with E-state index in [1.807, 2.05) is 0 Å². The van der Waals surface area contributed by atoms with Crippen molar-refractivity contribution >= 4 is 23.4 Å². The van der Waals surface area contributed by atoms with Gasteiger partial charge in [0.25, 0.3) is 5.91 Å². The molecule has 0 unspecified atom stereocenters. The third-order valence-electron chi connectivity index (χ3n) is 5.55. The Balaban J connectivity index is 1.81. The van der Waals surface area contributed by atoms with E-state index < -0.39 is 30.5 Å². The molecule has 10 heteroatoms. The number of alkyl halides is 2. The molecule has 1 saturated heterocycles. The van der Waals surface area contributed by atoms with E-state index in [9.17, 15) is 27.6 Å². The molecule has 1 N–H and O–H groups in total. The van der Waals surface area contributed by atoms with Crippen LogP contribution in [0.5, 0.6) is 5.75 Å². The van der Waals surface area contributed by atoms with Crippen molar-refractivity contribution in [1.29, 1.82) is 0 Å². The molecule has 0 bridgehead atoms. The molecule has 1 heterocycles. The second-order valence-corrected chi connectivity index (χ2v) is 7.87. The number of amides is 3. The van der Waals surface area contributed by atoms with Crippen molar-refractivity contribution in [3.8, 4) is 5.75 Å². The van der Waals surface area contributed by atoms with Crippen LogP contribution in [0.15, 0.2) is 42.5 Å². The molecule has 0 atom stereocenters. The van der Waals surface area contributed by atoms with E-state index >= 15 is 0 Å². The average Bonchev–Trinajstić information content (AvgIpc) is 2.86. The molecule has 0 aromatic heterocycles. The molecular weight excluding hydrogens is 451 g/mol. The highest BCUT2D eigenvalue weighted by atomic mass is 19.3. The van der Waals surface area contributed by atoms with E-state index in [2.05, 4.69) is 0 Å². The monoisotopic (exact) mass is 477 g/mol. The van der Waals surface area contributed by atoms with Crippen molar-refractivity contribution in [2.24, 2.45) is 0 Å². The second kappa shape index (κ2) is 11.5. The average molecular weight is 477 g/mol. The quantitative estimate of drug-likeness (QED) is 0.583. The number of halogens is 3. The van der Waals surface area contributed by atoms with Crippen LogP contribution < -0.4 is 15.0 Å². The zero-order valence-electron chi connectivity index (χ0n) is 18.7. The lowest BCUT2D eigenvalue weighted by atomic mass is 10.1. The molecule has 34 heavy (non-hydrogen) atoms. The Morgan fingerprint density at radius 2 is 1.82 bits per heavy atom. The summed E-state index contributed by atoms with van der Waals surface area (Å²) in [5, 5.41) is 1.80. The number of anilines is 1. The molecule has 0 radical (unpaired) electrons. The van der Waals surface area contributed by atoms with Gasteiger partial charge in [-0.1, -0.05) is 18.2 Å². The molecule has 182 valence electrons. The summed E-state index contributed by atoms with van der Waals surface area (Å²) >= 11 is 0. The van der Waals surface area contributed by atoms with Gasteiger partial charge in [0.15, 0.2) is 5.78 Å². The number of carbonyl (C=O) groups is 3. The number of likely N-dealkylation sites (tertiary alicyclic amines) is 1. The van der Waals surface area contributed by atoms with E-state index in [0.29, 0.717) is 24.5 Å². The van der Waals surface area contributed by atoms with Crippen LogP contribution in [0.1, 0.15) is 35.2 Å². The van der Waals surface area contributed by atoms with Gasteiger partial charge in [0, 0.05) is 36.0 Å². The van der Waals surface area contributed by atoms with Gasteiger partial charge < -0.3 is 15.0 Å². The topological polar surface area (TPSA) is 79.0 Å². The van der Waals surface area contributed by atoms with Crippen LogP contribution in [-0.2, 0) is 11.3 Å². The lowest BCUT2D eigenvalue weighted by molar-refractivity contribution is -0.131. The number of nitrogens with zero attached hydrogens (tertiary/aromatic N) is 2. The first kappa shape index (κ1) is 25.1. The predicted octanol–water partition coefficient (Wildman–Crippen LogP) is 4.01. The second-order valence-electron chi connectivity index (χ2n) is 7.87. The highest BCUT2D eigenvalue weighted by Crippen LogP contribution is 2.26. The molecule has 0 saturated carbocycles. The summed E-state index contributed by atoms with van der Waals surface area (Å²) in [7, 11) is 1.51.